The van der Waals surface area contributed by atoms with Crippen molar-refractivity contribution in [2.75, 3.05) is 46.1 Å². The van der Waals surface area contributed by atoms with Crippen molar-refractivity contribution in [3.63, 3.8) is 0 Å². The minimum atomic E-state index is -0.260. The number of unbranched alkanes of at least 4 members (excludes halogenated alkanes) is 6. The molecule has 1 N–H and O–H groups in total. The lowest BCUT2D eigenvalue weighted by molar-refractivity contribution is -0.146. The van der Waals surface area contributed by atoms with Crippen LogP contribution in [0.3, 0.4) is 0 Å². The van der Waals surface area contributed by atoms with Crippen LogP contribution >= 0.6 is 0 Å². The highest BCUT2D eigenvalue weighted by molar-refractivity contribution is 5.70. The van der Waals surface area contributed by atoms with Crippen LogP contribution in [-0.2, 0) is 30.4 Å². The van der Waals surface area contributed by atoms with Gasteiger partial charge in [-0.25, -0.2) is 0 Å². The Bertz CT molecular complexity index is 625. The normalized spacial score (nSPS) is 11.0. The third-order valence-corrected chi connectivity index (χ3v) is 5.52. The Morgan fingerprint density at radius 2 is 1.38 bits per heavy atom. The van der Waals surface area contributed by atoms with Crippen molar-refractivity contribution < 1.29 is 28.9 Å². The maximum absolute atomic E-state index is 11.9. The summed E-state index contributed by atoms with van der Waals surface area (Å²) in [5.41, 5.74) is 1.12. The van der Waals surface area contributed by atoms with E-state index in [-0.39, 0.29) is 25.2 Å². The predicted octanol–water partition coefficient (Wildman–Crippen LogP) is 4.50. The van der Waals surface area contributed by atoms with Crippen molar-refractivity contribution in [2.24, 2.45) is 0 Å². The van der Waals surface area contributed by atoms with Crippen molar-refractivity contribution in [3.8, 4) is 0 Å². The number of hydrogen-bond donors (Lipinski definition) is 1. The summed E-state index contributed by atoms with van der Waals surface area (Å²) >= 11 is 0. The molecule has 7 nitrogen and oxygen atoms in total. The van der Waals surface area contributed by atoms with Crippen LogP contribution in [0.1, 0.15) is 76.7 Å². The van der Waals surface area contributed by atoms with E-state index < -0.39 is 0 Å². The molecule has 0 fully saturated rings. The summed E-state index contributed by atoms with van der Waals surface area (Å²) < 4.78 is 16.2. The number of ether oxygens (including phenoxy) is 3. The number of rotatable bonds is 22. The Hall–Kier alpha value is -1.96. The third kappa shape index (κ3) is 17.5. The fourth-order valence-electron chi connectivity index (χ4n) is 3.47. The van der Waals surface area contributed by atoms with Gasteiger partial charge in [-0.2, -0.15) is 0 Å². The number of hydrogen-bond acceptors (Lipinski definition) is 7. The molecule has 0 spiro atoms. The van der Waals surface area contributed by atoms with Crippen LogP contribution in [0.5, 0.6) is 0 Å². The quantitative estimate of drug-likeness (QED) is 0.193. The Kier molecular flexibility index (Phi) is 19.1. The van der Waals surface area contributed by atoms with Crippen LogP contribution in [0.4, 0.5) is 0 Å². The molecular weight excluding hydrogens is 434 g/mol. The van der Waals surface area contributed by atoms with Crippen LogP contribution in [0.2, 0.25) is 0 Å². The number of nitrogens with zero attached hydrogens (tertiary/aromatic N) is 1. The van der Waals surface area contributed by atoms with Crippen LogP contribution < -0.4 is 0 Å². The van der Waals surface area contributed by atoms with Gasteiger partial charge in [0, 0.05) is 32.5 Å². The van der Waals surface area contributed by atoms with Gasteiger partial charge in [0.2, 0.25) is 0 Å². The molecule has 0 aliphatic heterocycles. The van der Waals surface area contributed by atoms with E-state index in [0.717, 1.165) is 18.4 Å². The van der Waals surface area contributed by atoms with Crippen LogP contribution in [-0.4, -0.2) is 68.0 Å². The van der Waals surface area contributed by atoms with Gasteiger partial charge in [0.25, 0.3) is 0 Å². The predicted molar refractivity (Wildman–Crippen MR) is 133 cm³/mol. The molecule has 0 aliphatic rings. The van der Waals surface area contributed by atoms with Gasteiger partial charge in [-0.3, -0.25) is 14.5 Å². The van der Waals surface area contributed by atoms with E-state index in [1.54, 1.807) is 0 Å². The molecule has 0 bridgehead atoms. The molecule has 0 unspecified atom stereocenters. The molecule has 0 saturated carbocycles. The standard InChI is InChI=1S/C27H45NO6/c1-2-3-4-5-6-12-21-33-26(30)15-10-11-16-27(31)34-23-19-28(17-20-29)18-22-32-24-25-13-8-7-9-14-25/h7-9,13-14,29H,2-6,10-12,15-24H2,1H3. The maximum Gasteiger partial charge on any atom is 0.305 e. The highest BCUT2D eigenvalue weighted by Gasteiger charge is 2.09. The number of aliphatic hydroxyl groups excluding tert-OH is 1. The Labute approximate surface area is 205 Å². The van der Waals surface area contributed by atoms with Crippen molar-refractivity contribution in [3.05, 3.63) is 35.9 Å². The molecule has 194 valence electrons. The van der Waals surface area contributed by atoms with Crippen molar-refractivity contribution >= 4 is 11.9 Å². The molecule has 1 aromatic rings. The van der Waals surface area contributed by atoms with Crippen molar-refractivity contribution in [1.29, 1.82) is 0 Å². The van der Waals surface area contributed by atoms with Crippen molar-refractivity contribution in [2.45, 2.75) is 77.7 Å². The third-order valence-electron chi connectivity index (χ3n) is 5.52. The minimum Gasteiger partial charge on any atom is -0.466 e. The van der Waals surface area contributed by atoms with Crippen molar-refractivity contribution in [1.82, 2.24) is 4.90 Å². The molecule has 0 aliphatic carbocycles. The summed E-state index contributed by atoms with van der Waals surface area (Å²) in [6.07, 6.45) is 8.86. The fraction of sp³-hybridized carbons (Fsp3) is 0.704. The number of benzene rings is 1. The Morgan fingerprint density at radius 1 is 0.765 bits per heavy atom. The lowest BCUT2D eigenvalue weighted by Crippen LogP contribution is -2.34. The number of carbonyl (C=O) groups excluding carboxylic acids is 2. The summed E-state index contributed by atoms with van der Waals surface area (Å²) in [4.78, 5) is 25.7. The first kappa shape index (κ1) is 30.1. The first-order chi connectivity index (χ1) is 16.7. The largest absolute Gasteiger partial charge is 0.466 e. The molecule has 0 saturated heterocycles. The van der Waals surface area contributed by atoms with Crippen LogP contribution in [0.15, 0.2) is 30.3 Å². The first-order valence-corrected chi connectivity index (χ1v) is 12.9. The van der Waals surface area contributed by atoms with Gasteiger partial charge in [-0.15, -0.1) is 0 Å². The van der Waals surface area contributed by atoms with E-state index in [9.17, 15) is 14.7 Å². The summed E-state index contributed by atoms with van der Waals surface area (Å²) in [7, 11) is 0. The Balaban J connectivity index is 2.00. The summed E-state index contributed by atoms with van der Waals surface area (Å²) in [5.74, 6) is -0.444. The van der Waals surface area contributed by atoms with E-state index in [2.05, 4.69) is 6.92 Å². The summed E-state index contributed by atoms with van der Waals surface area (Å²) in [5, 5.41) is 9.25. The summed E-state index contributed by atoms with van der Waals surface area (Å²) in [6.45, 7) is 5.81. The van der Waals surface area contributed by atoms with E-state index >= 15 is 0 Å². The second-order valence-corrected chi connectivity index (χ2v) is 8.52. The molecule has 0 amide bonds. The monoisotopic (exact) mass is 479 g/mol. The second kappa shape index (κ2) is 21.6. The molecule has 34 heavy (non-hydrogen) atoms. The average Bonchev–Trinajstić information content (AvgIpc) is 2.84. The van der Waals surface area contributed by atoms with E-state index in [4.69, 9.17) is 14.2 Å². The zero-order valence-corrected chi connectivity index (χ0v) is 21.1. The Morgan fingerprint density at radius 3 is 2.06 bits per heavy atom. The van der Waals surface area contributed by atoms with E-state index in [1.165, 1.54) is 25.7 Å². The molecule has 7 heteroatoms. The van der Waals surface area contributed by atoms with Gasteiger partial charge in [0.05, 0.1) is 26.4 Å². The lowest BCUT2D eigenvalue weighted by Gasteiger charge is -2.21. The van der Waals surface area contributed by atoms with Gasteiger partial charge in [-0.1, -0.05) is 69.4 Å². The zero-order chi connectivity index (χ0) is 24.7. The number of aliphatic hydroxyl groups is 1. The topological polar surface area (TPSA) is 85.3 Å². The van der Waals surface area contributed by atoms with E-state index in [0.29, 0.717) is 65.1 Å². The van der Waals surface area contributed by atoms with Gasteiger partial charge in [0.1, 0.15) is 6.61 Å². The molecule has 0 heterocycles. The van der Waals surface area contributed by atoms with Gasteiger partial charge >= 0.3 is 11.9 Å². The number of esters is 2. The maximum atomic E-state index is 11.9. The van der Waals surface area contributed by atoms with E-state index in [1.807, 2.05) is 35.2 Å². The van der Waals surface area contributed by atoms with Gasteiger partial charge in [-0.05, 0) is 24.8 Å². The van der Waals surface area contributed by atoms with Crippen LogP contribution in [0, 0.1) is 0 Å². The molecular formula is C27H45NO6. The van der Waals surface area contributed by atoms with Crippen LogP contribution in [0.25, 0.3) is 0 Å². The molecule has 1 aromatic carbocycles. The minimum absolute atomic E-state index is 0.0432. The second-order valence-electron chi connectivity index (χ2n) is 8.52. The number of carbonyl (C=O) groups is 2. The SMILES string of the molecule is CCCCCCCCOC(=O)CCCCC(=O)OCCN(CCO)CCOCc1ccccc1. The average molecular weight is 480 g/mol. The van der Waals surface area contributed by atoms with Gasteiger partial charge in [0.15, 0.2) is 0 Å². The first-order valence-electron chi connectivity index (χ1n) is 12.9. The fourth-order valence-corrected chi connectivity index (χ4v) is 3.47. The molecule has 0 atom stereocenters. The zero-order valence-electron chi connectivity index (χ0n) is 21.1. The summed E-state index contributed by atoms with van der Waals surface area (Å²) in [6, 6.07) is 9.97. The molecule has 0 aromatic heterocycles. The lowest BCUT2D eigenvalue weighted by atomic mass is 10.1. The molecule has 1 rings (SSSR count). The van der Waals surface area contributed by atoms with Gasteiger partial charge < -0.3 is 19.3 Å². The smallest absolute Gasteiger partial charge is 0.305 e. The highest BCUT2D eigenvalue weighted by Crippen LogP contribution is 2.07. The molecule has 0 radical (unpaired) electrons. The highest BCUT2D eigenvalue weighted by atomic mass is 16.5.